The molecule has 1 aromatic heterocycles. The first-order valence-corrected chi connectivity index (χ1v) is 8.26. The second kappa shape index (κ2) is 6.81. The number of hydrogen-bond acceptors (Lipinski definition) is 3. The predicted molar refractivity (Wildman–Crippen MR) is 88.9 cm³/mol. The topological polar surface area (TPSA) is 52.2 Å². The average Bonchev–Trinajstić information content (AvgIpc) is 2.96. The Kier molecular flexibility index (Phi) is 4.81. The molecule has 1 fully saturated rings. The van der Waals surface area contributed by atoms with Gasteiger partial charge in [0.25, 0.3) is 5.91 Å². The number of aromatic nitrogens is 2. The van der Waals surface area contributed by atoms with Gasteiger partial charge < -0.3 is 4.90 Å². The molecule has 5 nitrogen and oxygen atoms in total. The van der Waals surface area contributed by atoms with Crippen LogP contribution in [0, 0.1) is 0 Å². The van der Waals surface area contributed by atoms with Crippen molar-refractivity contribution < 1.29 is 4.79 Å². The minimum absolute atomic E-state index is 0.0805. The number of hydrogen-bond donors (Lipinski definition) is 1. The Hall–Kier alpha value is -1.37. The van der Waals surface area contributed by atoms with E-state index in [0.717, 1.165) is 24.1 Å². The van der Waals surface area contributed by atoms with Crippen molar-refractivity contribution in [3.05, 3.63) is 51.2 Å². The van der Waals surface area contributed by atoms with Crippen molar-refractivity contribution in [2.24, 2.45) is 0 Å². The molecule has 22 heavy (non-hydrogen) atoms. The van der Waals surface area contributed by atoms with Crippen molar-refractivity contribution in [2.45, 2.75) is 6.54 Å². The van der Waals surface area contributed by atoms with Crippen LogP contribution in [-0.4, -0.2) is 52.1 Å². The number of carbonyl (C=O) groups excluding carboxylic acids is 1. The number of carbonyl (C=O) groups is 1. The summed E-state index contributed by atoms with van der Waals surface area (Å²) in [7, 11) is 0. The average molecular weight is 384 g/mol. The Morgan fingerprint density at radius 3 is 2.64 bits per heavy atom. The third-order valence-corrected chi connectivity index (χ3v) is 4.88. The lowest BCUT2D eigenvalue weighted by atomic mass is 10.2. The Labute approximate surface area is 142 Å². The maximum absolute atomic E-state index is 12.3. The molecule has 0 aliphatic carbocycles. The van der Waals surface area contributed by atoms with Gasteiger partial charge in [0.2, 0.25) is 0 Å². The SMILES string of the molecule is O=C(c1[nH]ncc1Cl)N1CCN(Cc2ccccc2Br)CC1. The third kappa shape index (κ3) is 3.34. The monoisotopic (exact) mass is 382 g/mol. The molecule has 0 unspecified atom stereocenters. The van der Waals surface area contributed by atoms with Gasteiger partial charge in [-0.05, 0) is 11.6 Å². The van der Waals surface area contributed by atoms with E-state index in [1.807, 2.05) is 17.0 Å². The zero-order valence-corrected chi connectivity index (χ0v) is 14.3. The molecular formula is C15H16BrClN4O. The molecule has 0 bridgehead atoms. The van der Waals surface area contributed by atoms with Crippen LogP contribution in [0.3, 0.4) is 0 Å². The molecule has 1 N–H and O–H groups in total. The minimum Gasteiger partial charge on any atom is -0.335 e. The van der Waals surface area contributed by atoms with E-state index in [0.29, 0.717) is 23.8 Å². The van der Waals surface area contributed by atoms with E-state index in [-0.39, 0.29) is 5.91 Å². The van der Waals surface area contributed by atoms with Crippen molar-refractivity contribution in [3.63, 3.8) is 0 Å². The summed E-state index contributed by atoms with van der Waals surface area (Å²) in [6.45, 7) is 3.96. The van der Waals surface area contributed by atoms with Gasteiger partial charge in [0.05, 0.1) is 11.2 Å². The molecule has 1 saturated heterocycles. The van der Waals surface area contributed by atoms with Crippen LogP contribution >= 0.6 is 27.5 Å². The number of benzene rings is 1. The quantitative estimate of drug-likeness (QED) is 0.887. The second-order valence-corrected chi connectivity index (χ2v) is 6.51. The van der Waals surface area contributed by atoms with Gasteiger partial charge in [0, 0.05) is 37.2 Å². The van der Waals surface area contributed by atoms with E-state index in [4.69, 9.17) is 11.6 Å². The van der Waals surface area contributed by atoms with Crippen LogP contribution in [-0.2, 0) is 6.54 Å². The van der Waals surface area contributed by atoms with Crippen molar-refractivity contribution in [3.8, 4) is 0 Å². The molecular weight excluding hydrogens is 368 g/mol. The molecule has 1 aliphatic heterocycles. The summed E-state index contributed by atoms with van der Waals surface area (Å²) in [5.74, 6) is -0.0805. The summed E-state index contributed by atoms with van der Waals surface area (Å²) in [4.78, 5) is 16.5. The number of rotatable bonds is 3. The summed E-state index contributed by atoms with van der Waals surface area (Å²) in [6.07, 6.45) is 1.46. The standard InChI is InChI=1S/C15H16BrClN4O/c16-12-4-2-1-3-11(12)10-20-5-7-21(8-6-20)15(22)14-13(17)9-18-19-14/h1-4,9H,5-8,10H2,(H,18,19). The van der Waals surface area contributed by atoms with Gasteiger partial charge in [-0.1, -0.05) is 45.7 Å². The smallest absolute Gasteiger partial charge is 0.273 e. The van der Waals surface area contributed by atoms with Crippen molar-refractivity contribution in [1.29, 1.82) is 0 Å². The number of piperazine rings is 1. The molecule has 1 amide bonds. The highest BCUT2D eigenvalue weighted by atomic mass is 79.9. The van der Waals surface area contributed by atoms with E-state index >= 15 is 0 Å². The fraction of sp³-hybridized carbons (Fsp3) is 0.333. The fourth-order valence-electron chi connectivity index (χ4n) is 2.56. The van der Waals surface area contributed by atoms with Crippen LogP contribution in [0.5, 0.6) is 0 Å². The summed E-state index contributed by atoms with van der Waals surface area (Å²) < 4.78 is 1.12. The number of halogens is 2. The lowest BCUT2D eigenvalue weighted by molar-refractivity contribution is 0.0622. The Balaban J connectivity index is 1.58. The van der Waals surface area contributed by atoms with Gasteiger partial charge in [-0.3, -0.25) is 14.8 Å². The summed E-state index contributed by atoms with van der Waals surface area (Å²) in [5, 5.41) is 6.84. The van der Waals surface area contributed by atoms with Crippen LogP contribution in [0.1, 0.15) is 16.1 Å². The van der Waals surface area contributed by atoms with Gasteiger partial charge >= 0.3 is 0 Å². The zero-order chi connectivity index (χ0) is 15.5. The van der Waals surface area contributed by atoms with Gasteiger partial charge in [-0.25, -0.2) is 0 Å². The van der Waals surface area contributed by atoms with E-state index in [1.54, 1.807) is 0 Å². The van der Waals surface area contributed by atoms with Gasteiger partial charge in [-0.15, -0.1) is 0 Å². The van der Waals surface area contributed by atoms with Crippen LogP contribution < -0.4 is 0 Å². The maximum atomic E-state index is 12.3. The highest BCUT2D eigenvalue weighted by Gasteiger charge is 2.24. The third-order valence-electron chi connectivity index (χ3n) is 3.82. The van der Waals surface area contributed by atoms with Crippen LogP contribution in [0.2, 0.25) is 5.02 Å². The first-order chi connectivity index (χ1) is 10.6. The number of aromatic amines is 1. The Morgan fingerprint density at radius 2 is 2.00 bits per heavy atom. The van der Waals surface area contributed by atoms with Crippen LogP contribution in [0.25, 0.3) is 0 Å². The highest BCUT2D eigenvalue weighted by molar-refractivity contribution is 9.10. The van der Waals surface area contributed by atoms with Crippen LogP contribution in [0.4, 0.5) is 0 Å². The molecule has 0 atom stereocenters. The first kappa shape index (κ1) is 15.5. The molecule has 2 aromatic rings. The zero-order valence-electron chi connectivity index (χ0n) is 11.9. The van der Waals surface area contributed by atoms with E-state index in [9.17, 15) is 4.79 Å². The normalized spacial score (nSPS) is 16.0. The molecule has 1 aliphatic rings. The van der Waals surface area contributed by atoms with Crippen molar-refractivity contribution in [1.82, 2.24) is 20.0 Å². The first-order valence-electron chi connectivity index (χ1n) is 7.09. The predicted octanol–water partition coefficient (Wildman–Crippen LogP) is 2.78. The lowest BCUT2D eigenvalue weighted by Crippen LogP contribution is -2.48. The van der Waals surface area contributed by atoms with Gasteiger partial charge in [0.15, 0.2) is 0 Å². The van der Waals surface area contributed by atoms with Crippen LogP contribution in [0.15, 0.2) is 34.9 Å². The molecule has 0 radical (unpaired) electrons. The molecule has 116 valence electrons. The van der Waals surface area contributed by atoms with Crippen molar-refractivity contribution in [2.75, 3.05) is 26.2 Å². The minimum atomic E-state index is -0.0805. The fourth-order valence-corrected chi connectivity index (χ4v) is 3.14. The van der Waals surface area contributed by atoms with E-state index < -0.39 is 0 Å². The van der Waals surface area contributed by atoms with Gasteiger partial charge in [0.1, 0.15) is 5.69 Å². The summed E-state index contributed by atoms with van der Waals surface area (Å²) >= 11 is 9.53. The van der Waals surface area contributed by atoms with E-state index in [2.05, 4.69) is 43.2 Å². The number of amides is 1. The molecule has 1 aromatic carbocycles. The Bertz CT molecular complexity index is 667. The molecule has 7 heteroatoms. The largest absolute Gasteiger partial charge is 0.335 e. The highest BCUT2D eigenvalue weighted by Crippen LogP contribution is 2.19. The number of nitrogens with one attached hydrogen (secondary N) is 1. The molecule has 3 rings (SSSR count). The maximum Gasteiger partial charge on any atom is 0.273 e. The second-order valence-electron chi connectivity index (χ2n) is 5.25. The summed E-state index contributed by atoms with van der Waals surface area (Å²) in [6, 6.07) is 8.22. The Morgan fingerprint density at radius 1 is 1.27 bits per heavy atom. The molecule has 2 heterocycles. The van der Waals surface area contributed by atoms with E-state index in [1.165, 1.54) is 11.8 Å². The summed E-state index contributed by atoms with van der Waals surface area (Å²) in [5.41, 5.74) is 1.64. The lowest BCUT2D eigenvalue weighted by Gasteiger charge is -2.34. The number of nitrogens with zero attached hydrogens (tertiary/aromatic N) is 3. The molecule has 0 spiro atoms. The molecule has 0 saturated carbocycles. The van der Waals surface area contributed by atoms with Gasteiger partial charge in [-0.2, -0.15) is 5.10 Å². The number of H-pyrrole nitrogens is 1. The van der Waals surface area contributed by atoms with Crippen molar-refractivity contribution >= 4 is 33.4 Å².